The second-order valence-electron chi connectivity index (χ2n) is 7.09. The van der Waals surface area contributed by atoms with Crippen molar-refractivity contribution >= 4 is 33.8 Å². The van der Waals surface area contributed by atoms with Gasteiger partial charge in [0.05, 0.1) is 0 Å². The van der Waals surface area contributed by atoms with Crippen LogP contribution in [0, 0.1) is 6.92 Å². The van der Waals surface area contributed by atoms with Crippen LogP contribution in [-0.2, 0) is 0 Å². The van der Waals surface area contributed by atoms with E-state index in [-0.39, 0.29) is 0 Å². The van der Waals surface area contributed by atoms with Gasteiger partial charge in [0.1, 0.15) is 17.4 Å². The first-order valence-electron chi connectivity index (χ1n) is 9.33. The van der Waals surface area contributed by atoms with Crippen LogP contribution in [0.1, 0.15) is 43.7 Å². The summed E-state index contributed by atoms with van der Waals surface area (Å²) in [6, 6.07) is 17.4. The average Bonchev–Trinajstić information content (AvgIpc) is 3.06. The van der Waals surface area contributed by atoms with Crippen molar-refractivity contribution in [2.75, 3.05) is 5.32 Å². The zero-order valence-corrected chi connectivity index (χ0v) is 16.6. The van der Waals surface area contributed by atoms with Crippen molar-refractivity contribution in [3.05, 3.63) is 64.5 Å². The Hall–Kier alpha value is -1.84. The van der Waals surface area contributed by atoms with E-state index in [0.29, 0.717) is 6.04 Å². The first-order valence-corrected chi connectivity index (χ1v) is 10.6. The molecule has 1 N–H and O–H groups in total. The lowest BCUT2D eigenvalue weighted by molar-refractivity contribution is -0.698. The number of rotatable bonds is 4. The standard InChI is InChI=1S/C22H23ClN2S/c1-16-6-5-7-19(14-16)24-22-25(20-8-3-2-4-9-20)21(15-26-22)17-10-12-18(23)13-11-17/h5-7,10-15,20H,2-4,8-9H2,1H3/p+1. The maximum absolute atomic E-state index is 6.10. The summed E-state index contributed by atoms with van der Waals surface area (Å²) in [4.78, 5) is 0. The predicted octanol–water partition coefficient (Wildman–Crippen LogP) is 6.91. The fourth-order valence-corrected chi connectivity index (χ4v) is 4.94. The van der Waals surface area contributed by atoms with Crippen LogP contribution in [0.3, 0.4) is 0 Å². The van der Waals surface area contributed by atoms with Gasteiger partial charge in [0.25, 0.3) is 0 Å². The lowest BCUT2D eigenvalue weighted by atomic mass is 9.95. The molecule has 0 saturated heterocycles. The highest BCUT2D eigenvalue weighted by Gasteiger charge is 2.28. The van der Waals surface area contributed by atoms with Gasteiger partial charge in [0, 0.05) is 16.0 Å². The zero-order chi connectivity index (χ0) is 17.9. The third kappa shape index (κ3) is 3.79. The maximum Gasteiger partial charge on any atom is 0.339 e. The van der Waals surface area contributed by atoms with E-state index in [1.54, 1.807) is 11.3 Å². The molecule has 0 atom stereocenters. The molecule has 0 spiro atoms. The molecule has 1 saturated carbocycles. The van der Waals surface area contributed by atoms with Crippen molar-refractivity contribution < 1.29 is 4.57 Å². The number of aryl methyl sites for hydroxylation is 1. The highest BCUT2D eigenvalue weighted by atomic mass is 35.5. The highest BCUT2D eigenvalue weighted by Crippen LogP contribution is 2.33. The van der Waals surface area contributed by atoms with Gasteiger partial charge in [-0.25, -0.2) is 9.88 Å². The molecular weight excluding hydrogens is 360 g/mol. The van der Waals surface area contributed by atoms with Crippen molar-refractivity contribution in [2.24, 2.45) is 0 Å². The molecule has 1 aliphatic rings. The van der Waals surface area contributed by atoms with E-state index in [1.165, 1.54) is 54.1 Å². The number of benzene rings is 2. The molecule has 2 nitrogen and oxygen atoms in total. The summed E-state index contributed by atoms with van der Waals surface area (Å²) < 4.78 is 2.52. The number of hydrogen-bond acceptors (Lipinski definition) is 2. The number of hydrogen-bond donors (Lipinski definition) is 1. The van der Waals surface area contributed by atoms with Crippen LogP contribution in [0.15, 0.2) is 53.9 Å². The summed E-state index contributed by atoms with van der Waals surface area (Å²) in [5.74, 6) is 0. The fraction of sp³-hybridized carbons (Fsp3) is 0.318. The molecule has 4 rings (SSSR count). The summed E-state index contributed by atoms with van der Waals surface area (Å²) in [7, 11) is 0. The highest BCUT2D eigenvalue weighted by molar-refractivity contribution is 7.13. The van der Waals surface area contributed by atoms with E-state index in [0.717, 1.165) is 10.7 Å². The largest absolute Gasteiger partial charge is 0.339 e. The van der Waals surface area contributed by atoms with Gasteiger partial charge in [-0.3, -0.25) is 0 Å². The van der Waals surface area contributed by atoms with Gasteiger partial charge in [-0.15, -0.1) is 0 Å². The third-order valence-electron chi connectivity index (χ3n) is 5.11. The topological polar surface area (TPSA) is 15.9 Å². The van der Waals surface area contributed by atoms with Gasteiger partial charge in [0.15, 0.2) is 0 Å². The van der Waals surface area contributed by atoms with E-state index in [4.69, 9.17) is 11.6 Å². The molecule has 1 fully saturated rings. The molecule has 1 aromatic heterocycles. The lowest BCUT2D eigenvalue weighted by Gasteiger charge is -2.21. The molecular formula is C22H24ClN2S+. The number of halogens is 1. The van der Waals surface area contributed by atoms with Crippen molar-refractivity contribution in [1.82, 2.24) is 0 Å². The number of thiazole rings is 1. The molecule has 4 heteroatoms. The second kappa shape index (κ2) is 7.81. The minimum atomic E-state index is 0.563. The molecule has 1 heterocycles. The van der Waals surface area contributed by atoms with E-state index in [1.807, 2.05) is 12.1 Å². The Kier molecular flexibility index (Phi) is 5.28. The van der Waals surface area contributed by atoms with Crippen molar-refractivity contribution in [3.8, 4) is 11.3 Å². The minimum absolute atomic E-state index is 0.563. The Balaban J connectivity index is 1.74. The quantitative estimate of drug-likeness (QED) is 0.484. The molecule has 0 amide bonds. The monoisotopic (exact) mass is 383 g/mol. The summed E-state index contributed by atoms with van der Waals surface area (Å²) >= 11 is 7.89. The van der Waals surface area contributed by atoms with Crippen LogP contribution in [0.4, 0.5) is 10.8 Å². The Morgan fingerprint density at radius 2 is 1.81 bits per heavy atom. The first kappa shape index (κ1) is 17.6. The van der Waals surface area contributed by atoms with E-state index in [9.17, 15) is 0 Å². The smallest absolute Gasteiger partial charge is 0.231 e. The molecule has 3 aromatic rings. The summed E-state index contributed by atoms with van der Waals surface area (Å²) in [6.07, 6.45) is 6.50. The Morgan fingerprint density at radius 3 is 2.54 bits per heavy atom. The van der Waals surface area contributed by atoms with Crippen molar-refractivity contribution in [2.45, 2.75) is 45.1 Å². The van der Waals surface area contributed by atoms with E-state index < -0.39 is 0 Å². The van der Waals surface area contributed by atoms with Crippen LogP contribution in [0.5, 0.6) is 0 Å². The molecule has 26 heavy (non-hydrogen) atoms. The summed E-state index contributed by atoms with van der Waals surface area (Å²) in [5.41, 5.74) is 4.94. The van der Waals surface area contributed by atoms with Gasteiger partial charge in [0.2, 0.25) is 0 Å². The average molecular weight is 384 g/mol. The Bertz CT molecular complexity index is 879. The van der Waals surface area contributed by atoms with Gasteiger partial charge in [-0.1, -0.05) is 41.5 Å². The molecule has 0 radical (unpaired) electrons. The molecule has 1 aliphatic carbocycles. The molecule has 134 valence electrons. The van der Waals surface area contributed by atoms with Gasteiger partial charge >= 0.3 is 5.13 Å². The lowest BCUT2D eigenvalue weighted by Crippen LogP contribution is -2.42. The molecule has 0 unspecified atom stereocenters. The maximum atomic E-state index is 6.10. The van der Waals surface area contributed by atoms with Crippen LogP contribution in [-0.4, -0.2) is 0 Å². The van der Waals surface area contributed by atoms with Crippen molar-refractivity contribution in [1.29, 1.82) is 0 Å². The van der Waals surface area contributed by atoms with E-state index >= 15 is 0 Å². The fourth-order valence-electron chi connectivity index (χ4n) is 3.80. The summed E-state index contributed by atoms with van der Waals surface area (Å²) in [6.45, 7) is 2.13. The number of aromatic nitrogens is 1. The van der Waals surface area contributed by atoms with Crippen molar-refractivity contribution in [3.63, 3.8) is 0 Å². The first-order chi connectivity index (χ1) is 12.7. The summed E-state index contributed by atoms with van der Waals surface area (Å²) in [5, 5.41) is 7.94. The molecule has 0 bridgehead atoms. The zero-order valence-electron chi connectivity index (χ0n) is 15.0. The predicted molar refractivity (Wildman–Crippen MR) is 112 cm³/mol. The number of nitrogens with one attached hydrogen (secondary N) is 1. The SMILES string of the molecule is Cc1cccc(Nc2scc(-c3ccc(Cl)cc3)[n+]2C2CCCCC2)c1. The molecule has 2 aromatic carbocycles. The van der Waals surface area contributed by atoms with E-state index in [2.05, 4.69) is 58.6 Å². The minimum Gasteiger partial charge on any atom is -0.231 e. The van der Waals surface area contributed by atoms with Crippen LogP contribution >= 0.6 is 22.9 Å². The van der Waals surface area contributed by atoms with Gasteiger partial charge in [-0.05, 0) is 74.6 Å². The van der Waals surface area contributed by atoms with Crippen LogP contribution in [0.2, 0.25) is 5.02 Å². The van der Waals surface area contributed by atoms with Gasteiger partial charge < -0.3 is 0 Å². The molecule has 0 aliphatic heterocycles. The normalized spacial score (nSPS) is 15.2. The van der Waals surface area contributed by atoms with Gasteiger partial charge in [-0.2, -0.15) is 0 Å². The number of anilines is 2. The Morgan fingerprint density at radius 1 is 1.04 bits per heavy atom. The number of nitrogens with zero attached hydrogens (tertiary/aromatic N) is 1. The Labute approximate surface area is 164 Å². The van der Waals surface area contributed by atoms with Crippen LogP contribution in [0.25, 0.3) is 11.3 Å². The third-order valence-corrected chi connectivity index (χ3v) is 6.22. The van der Waals surface area contributed by atoms with Crippen LogP contribution < -0.4 is 9.88 Å². The second-order valence-corrected chi connectivity index (χ2v) is 8.38.